The van der Waals surface area contributed by atoms with E-state index in [-0.39, 0.29) is 28.8 Å². The number of carbonyl (C=O) groups is 1. The summed E-state index contributed by atoms with van der Waals surface area (Å²) in [6.07, 6.45) is 5.00. The molecule has 2 nitrogen and oxygen atoms in total. The molecule has 2 heteroatoms. The van der Waals surface area contributed by atoms with Crippen LogP contribution >= 0.6 is 0 Å². The van der Waals surface area contributed by atoms with Gasteiger partial charge in [-0.15, -0.1) is 6.58 Å². The van der Waals surface area contributed by atoms with Crippen LogP contribution in [0.25, 0.3) is 0 Å². The smallest absolute Gasteiger partial charge is 0.338 e. The first kappa shape index (κ1) is 18.0. The van der Waals surface area contributed by atoms with Crippen molar-refractivity contribution in [3.63, 3.8) is 0 Å². The van der Waals surface area contributed by atoms with Gasteiger partial charge in [-0.25, -0.2) is 4.79 Å². The maximum absolute atomic E-state index is 12.7. The maximum atomic E-state index is 12.7. The van der Waals surface area contributed by atoms with Gasteiger partial charge < -0.3 is 4.74 Å². The van der Waals surface area contributed by atoms with Gasteiger partial charge >= 0.3 is 5.97 Å². The lowest BCUT2D eigenvalue weighted by molar-refractivity contribution is -0.0636. The van der Waals surface area contributed by atoms with Crippen molar-refractivity contribution < 1.29 is 9.53 Å². The summed E-state index contributed by atoms with van der Waals surface area (Å²) >= 11 is 0. The molecule has 25 heavy (non-hydrogen) atoms. The molecular formula is C23H30O2. The fraction of sp³-hybridized carbons (Fsp3) is 0.522. The third-order valence-corrected chi connectivity index (χ3v) is 7.06. The molecule has 2 aliphatic carbocycles. The van der Waals surface area contributed by atoms with Gasteiger partial charge in [-0.05, 0) is 55.1 Å². The van der Waals surface area contributed by atoms with E-state index in [1.807, 2.05) is 37.3 Å². The van der Waals surface area contributed by atoms with Crippen LogP contribution in [-0.2, 0) is 4.74 Å². The molecule has 0 N–H and O–H groups in total. The van der Waals surface area contributed by atoms with Crippen LogP contribution in [0, 0.1) is 29.6 Å². The average Bonchev–Trinajstić information content (AvgIpc) is 2.58. The van der Waals surface area contributed by atoms with E-state index >= 15 is 0 Å². The quantitative estimate of drug-likeness (QED) is 0.520. The monoisotopic (exact) mass is 338 g/mol. The molecule has 2 saturated carbocycles. The van der Waals surface area contributed by atoms with Crippen LogP contribution in [0.15, 0.2) is 49.1 Å². The Bertz CT molecular complexity index is 701. The van der Waals surface area contributed by atoms with E-state index in [9.17, 15) is 4.79 Å². The van der Waals surface area contributed by atoms with Gasteiger partial charge in [-0.1, -0.05) is 56.7 Å². The standard InChI is InChI=1S/C23H30O2/c1-7-22(5)12-13-23(6)16(3)14-19(20(22)17(23)4)25-21(24)18-10-8-15(2)9-11-18/h7-11,16,19-20H,1,4,12-14H2,2-3,5-6H3/t16-,19+,20+,22+,23+/m1/s1. The summed E-state index contributed by atoms with van der Waals surface area (Å²) in [6.45, 7) is 17.4. The minimum atomic E-state index is -0.231. The van der Waals surface area contributed by atoms with Gasteiger partial charge in [0.1, 0.15) is 6.10 Å². The molecule has 2 aliphatic rings. The van der Waals surface area contributed by atoms with Crippen molar-refractivity contribution in [2.24, 2.45) is 22.7 Å². The van der Waals surface area contributed by atoms with Crippen LogP contribution in [-0.4, -0.2) is 12.1 Å². The van der Waals surface area contributed by atoms with Gasteiger partial charge in [0.05, 0.1) is 5.56 Å². The van der Waals surface area contributed by atoms with Gasteiger partial charge in [-0.2, -0.15) is 0 Å². The highest BCUT2D eigenvalue weighted by Crippen LogP contribution is 2.61. The normalized spacial score (nSPS) is 37.4. The van der Waals surface area contributed by atoms with Crippen LogP contribution in [0.4, 0.5) is 0 Å². The Morgan fingerprint density at radius 3 is 2.48 bits per heavy atom. The molecule has 0 amide bonds. The van der Waals surface area contributed by atoms with Crippen LogP contribution < -0.4 is 0 Å². The predicted molar refractivity (Wildman–Crippen MR) is 102 cm³/mol. The summed E-state index contributed by atoms with van der Waals surface area (Å²) in [5.41, 5.74) is 3.07. The molecule has 0 unspecified atom stereocenters. The number of rotatable bonds is 3. The number of ether oxygens (including phenoxy) is 1. The average molecular weight is 338 g/mol. The third kappa shape index (κ3) is 2.86. The van der Waals surface area contributed by atoms with Gasteiger partial charge in [0.25, 0.3) is 0 Å². The maximum Gasteiger partial charge on any atom is 0.338 e. The predicted octanol–water partition coefficient (Wildman–Crippen LogP) is 5.73. The Labute approximate surface area is 152 Å². The number of benzene rings is 1. The first-order chi connectivity index (χ1) is 11.7. The van der Waals surface area contributed by atoms with Crippen LogP contribution in [0.2, 0.25) is 0 Å². The molecule has 0 saturated heterocycles. The number of hydrogen-bond acceptors (Lipinski definition) is 2. The highest BCUT2D eigenvalue weighted by molar-refractivity contribution is 5.89. The van der Waals surface area contributed by atoms with E-state index in [1.54, 1.807) is 0 Å². The molecule has 1 aromatic carbocycles. The Hall–Kier alpha value is -1.83. The lowest BCUT2D eigenvalue weighted by atomic mass is 9.48. The van der Waals surface area contributed by atoms with Gasteiger partial charge in [0.2, 0.25) is 0 Å². The van der Waals surface area contributed by atoms with E-state index in [0.29, 0.717) is 11.5 Å². The van der Waals surface area contributed by atoms with E-state index in [0.717, 1.165) is 24.8 Å². The van der Waals surface area contributed by atoms with Crippen molar-refractivity contribution >= 4 is 5.97 Å². The zero-order chi connectivity index (χ0) is 18.4. The van der Waals surface area contributed by atoms with E-state index < -0.39 is 0 Å². The van der Waals surface area contributed by atoms with Crippen LogP contribution in [0.5, 0.6) is 0 Å². The van der Waals surface area contributed by atoms with E-state index in [2.05, 4.69) is 33.9 Å². The second-order valence-electron chi connectivity index (χ2n) is 8.58. The Morgan fingerprint density at radius 1 is 1.24 bits per heavy atom. The summed E-state index contributed by atoms with van der Waals surface area (Å²) < 4.78 is 6.04. The number of carbonyl (C=O) groups excluding carboxylic acids is 1. The zero-order valence-electron chi connectivity index (χ0n) is 16.0. The largest absolute Gasteiger partial charge is 0.458 e. The molecule has 134 valence electrons. The van der Waals surface area contributed by atoms with Crippen molar-refractivity contribution in [2.75, 3.05) is 0 Å². The van der Waals surface area contributed by atoms with E-state index in [1.165, 1.54) is 5.57 Å². The molecule has 3 rings (SSSR count). The van der Waals surface area contributed by atoms with Crippen molar-refractivity contribution in [1.82, 2.24) is 0 Å². The number of fused-ring (bicyclic) bond motifs is 2. The zero-order valence-corrected chi connectivity index (χ0v) is 16.0. The first-order valence-electron chi connectivity index (χ1n) is 9.32. The Balaban J connectivity index is 1.89. The summed E-state index contributed by atoms with van der Waals surface area (Å²) in [4.78, 5) is 12.7. The van der Waals surface area contributed by atoms with Crippen molar-refractivity contribution in [2.45, 2.75) is 53.1 Å². The lowest BCUT2D eigenvalue weighted by Crippen LogP contribution is -2.53. The molecule has 0 aliphatic heterocycles. The number of hydrogen-bond donors (Lipinski definition) is 0. The minimum Gasteiger partial charge on any atom is -0.458 e. The highest BCUT2D eigenvalue weighted by Gasteiger charge is 2.56. The molecule has 0 heterocycles. The van der Waals surface area contributed by atoms with Gasteiger partial charge in [0, 0.05) is 5.92 Å². The van der Waals surface area contributed by atoms with Crippen molar-refractivity contribution in [1.29, 1.82) is 0 Å². The molecule has 0 spiro atoms. The van der Waals surface area contributed by atoms with E-state index in [4.69, 9.17) is 4.74 Å². The fourth-order valence-corrected chi connectivity index (χ4v) is 4.80. The minimum absolute atomic E-state index is 0.0606. The molecule has 0 aromatic heterocycles. The topological polar surface area (TPSA) is 26.3 Å². The van der Waals surface area contributed by atoms with Crippen molar-refractivity contribution in [3.8, 4) is 0 Å². The Kier molecular flexibility index (Phi) is 4.43. The number of aryl methyl sites for hydroxylation is 1. The summed E-state index contributed by atoms with van der Waals surface area (Å²) in [5, 5.41) is 0. The lowest BCUT2D eigenvalue weighted by Gasteiger charge is -2.58. The second kappa shape index (κ2) is 6.16. The fourth-order valence-electron chi connectivity index (χ4n) is 4.80. The molecule has 0 radical (unpaired) electrons. The second-order valence-corrected chi connectivity index (χ2v) is 8.58. The Morgan fingerprint density at radius 2 is 1.88 bits per heavy atom. The highest BCUT2D eigenvalue weighted by atomic mass is 16.5. The van der Waals surface area contributed by atoms with Crippen LogP contribution in [0.3, 0.4) is 0 Å². The van der Waals surface area contributed by atoms with Gasteiger partial charge in [0.15, 0.2) is 0 Å². The summed E-state index contributed by atoms with van der Waals surface area (Å²) in [7, 11) is 0. The van der Waals surface area contributed by atoms with Gasteiger partial charge in [-0.3, -0.25) is 0 Å². The van der Waals surface area contributed by atoms with Crippen LogP contribution in [0.1, 0.15) is 56.0 Å². The molecule has 1 aromatic rings. The summed E-state index contributed by atoms with van der Waals surface area (Å²) in [6, 6.07) is 7.59. The molecule has 2 bridgehead atoms. The molecule has 2 fully saturated rings. The van der Waals surface area contributed by atoms with Crippen molar-refractivity contribution in [3.05, 3.63) is 60.2 Å². The third-order valence-electron chi connectivity index (χ3n) is 7.06. The summed E-state index contributed by atoms with van der Waals surface area (Å²) in [5.74, 6) is 0.376. The number of esters is 1. The molecular weight excluding hydrogens is 308 g/mol. The number of allylic oxidation sites excluding steroid dienone is 1. The first-order valence-corrected chi connectivity index (χ1v) is 9.32. The molecule has 5 atom stereocenters. The SMILES string of the molecule is C=C[C@@]1(C)CC[C@]2(C)C(=C)[C@H]1[C@@H](OC(=O)c1ccc(C)cc1)C[C@H]2C.